The summed E-state index contributed by atoms with van der Waals surface area (Å²) in [5, 5.41) is 171. The Bertz CT molecular complexity index is 4680. The number of rotatable bonds is 40. The number of hydrogen-bond donors (Lipinski definition) is 24. The van der Waals surface area contributed by atoms with E-state index in [1.165, 1.54) is 50.9 Å². The fourth-order valence-corrected chi connectivity index (χ4v) is 20.6. The maximum atomic E-state index is 14.7. The molecule has 5 unspecified atom stereocenters. The van der Waals surface area contributed by atoms with Crippen molar-refractivity contribution in [1.82, 2.24) is 58.1 Å². The van der Waals surface area contributed by atoms with Gasteiger partial charge < -0.3 is 196 Å². The summed E-state index contributed by atoms with van der Waals surface area (Å²) in [6, 6.07) is -8.27. The quantitative estimate of drug-likeness (QED) is 0.0165. The monoisotopic (exact) mass is 2110 g/mol. The van der Waals surface area contributed by atoms with Crippen LogP contribution in [0, 0.1) is 5.92 Å². The lowest BCUT2D eigenvalue weighted by molar-refractivity contribution is -0.367. The topological polar surface area (TPSA) is 770 Å². The molecular formula is C88H136ClN13O40S2. The number of aliphatic hydroxyl groups excluding tert-OH is 12. The zero-order valence-electron chi connectivity index (χ0n) is 81.7. The van der Waals surface area contributed by atoms with Gasteiger partial charge in [-0.1, -0.05) is 63.9 Å². The van der Waals surface area contributed by atoms with Gasteiger partial charge in [0.05, 0.1) is 78.0 Å². The summed E-state index contributed by atoms with van der Waals surface area (Å²) in [4.78, 5) is 176. The molecule has 9 rings (SSSR count). The minimum absolute atomic E-state index is 0.104. The molecule has 0 aromatic heterocycles. The van der Waals surface area contributed by atoms with Crippen molar-refractivity contribution >= 4 is 116 Å². The van der Waals surface area contributed by atoms with Gasteiger partial charge in [0.25, 0.3) is 0 Å². The number of aliphatic hydroxyl groups is 13. The lowest BCUT2D eigenvalue weighted by atomic mass is 9.83. The number of alkyl carbamates (subject to hydrolysis) is 1. The van der Waals surface area contributed by atoms with Gasteiger partial charge in [-0.15, -0.1) is 0 Å². The first kappa shape index (κ1) is 119. The molecule has 4 bridgehead atoms. The van der Waals surface area contributed by atoms with Gasteiger partial charge in [-0.2, -0.15) is 0 Å². The summed E-state index contributed by atoms with van der Waals surface area (Å²) in [5.74, 6) is -10.5. The fraction of sp³-hybridized carbons (Fsp3) is 0.739. The number of methoxy groups -OCH3 is 2. The minimum Gasteiger partial charge on any atom is -0.495 e. The van der Waals surface area contributed by atoms with Gasteiger partial charge in [0.15, 0.2) is 37.2 Å². The van der Waals surface area contributed by atoms with E-state index in [9.17, 15) is 129 Å². The number of esters is 1. The van der Waals surface area contributed by atoms with E-state index in [1.807, 2.05) is 6.92 Å². The van der Waals surface area contributed by atoms with Crippen LogP contribution in [-0.2, 0) is 126 Å². The Labute approximate surface area is 840 Å². The number of epoxide rings is 1. The second-order valence-electron chi connectivity index (χ2n) is 36.9. The van der Waals surface area contributed by atoms with Gasteiger partial charge >= 0.3 is 12.1 Å². The zero-order valence-corrected chi connectivity index (χ0v) is 84.1. The Balaban J connectivity index is 0.844. The van der Waals surface area contributed by atoms with Crippen molar-refractivity contribution in [1.29, 1.82) is 0 Å². The van der Waals surface area contributed by atoms with E-state index in [-0.39, 0.29) is 41.5 Å². The van der Waals surface area contributed by atoms with E-state index in [0.29, 0.717) is 12.0 Å². The van der Waals surface area contributed by atoms with Gasteiger partial charge in [0.1, 0.15) is 169 Å². The van der Waals surface area contributed by atoms with Crippen molar-refractivity contribution in [3.05, 3.63) is 46.5 Å². The number of nitrogens with one attached hydrogen (secondary N) is 10. The number of likely N-dealkylation sites (N-methyl/N-ethyl adjacent to an activating group) is 1. The molecule has 34 atom stereocenters. The molecular weight excluding hydrogens is 1980 g/mol. The van der Waals surface area contributed by atoms with E-state index < -0.39 is 361 Å². The van der Waals surface area contributed by atoms with Crippen LogP contribution < -0.4 is 68.5 Å². The first-order valence-electron chi connectivity index (χ1n) is 46.4. The number of anilines is 1. The van der Waals surface area contributed by atoms with Crippen LogP contribution in [0.2, 0.25) is 5.02 Å². The number of nitrogens with zero attached hydrogens (tertiary/aromatic N) is 2. The van der Waals surface area contributed by atoms with Crippen molar-refractivity contribution in [2.75, 3.05) is 98.2 Å². The van der Waals surface area contributed by atoms with Crippen LogP contribution in [-0.4, -0.2) is 447 Å². The van der Waals surface area contributed by atoms with E-state index in [4.69, 9.17) is 83.7 Å². The van der Waals surface area contributed by atoms with Crippen LogP contribution in [0.5, 0.6) is 5.75 Å². The molecule has 144 heavy (non-hydrogen) atoms. The van der Waals surface area contributed by atoms with Gasteiger partial charge in [0, 0.05) is 91.1 Å². The standard InChI is InChI=1S/C88H136ClN13O40S2/c1-36-16-15-17-53(130-14)88(128)26-47(136-85(127)100-88)37(2)77-87(10,142-77)54(25-60(117)102(12)45-23-43(22-36)24-46(129-13)61(45)89)137-79(125)38(3)101(11)59(116)18-20-86(8,9)144-143-35-44(98-58(115)29-93-57(114)28-92-56(113)27-90)78(124)91-21-19-55(112)99-63-68(119)67(118)48(30-103)132-81(63)139-74-50(32-105)134-83(65(70(74)121)96-41(6)110)141-76-52(34-107)135-84(66(72(76)123)97-42(7)111)140-75-51(33-106)133-82(64(71(75)122)95-40(5)109)138-73-49(31-104)131-80(126)62(69(73)120)94-39(4)108/h15-17,23-24,37-38,44,47-54,62-77,80-84,103-107,118-123,126,128H,18-22,25-35,90H2,1-14H3,(H,91,124)(H,92,113)(H,93,114)(H,94,108)(H,95,109)(H,96,110)(H,97,111)(H,98,115)(H,99,112)(H,100,127)/b17-15+,36-16+/t37-,38+,44+,47+,48-,49-,50-,51-,52-,53-,54+,62-,63-,64-,65-,66-,67-,68-,69-,70-,71-,72-,73?,74?,75?,76?,77+,80?,81+,82+,83+,84+,87+,88+/m1/s1. The maximum absolute atomic E-state index is 14.7. The molecule has 812 valence electrons. The number of fused-ring (bicyclic) bond motifs is 5. The number of halogens is 1. The Morgan fingerprint density at radius 2 is 1.13 bits per heavy atom. The smallest absolute Gasteiger partial charge is 0.409 e. The molecule has 1 aromatic carbocycles. The molecule has 0 aliphatic carbocycles. The van der Waals surface area contributed by atoms with Gasteiger partial charge in [-0.05, 0) is 65.2 Å². The van der Waals surface area contributed by atoms with Crippen molar-refractivity contribution in [2.45, 2.75) is 314 Å². The van der Waals surface area contributed by atoms with Crippen molar-refractivity contribution < 1.29 is 195 Å². The molecule has 7 fully saturated rings. The first-order chi connectivity index (χ1) is 67.8. The van der Waals surface area contributed by atoms with Gasteiger partial charge in [-0.3, -0.25) is 58.1 Å². The number of allylic oxidation sites excluding steroid dienone is 3. The second kappa shape index (κ2) is 53.0. The minimum atomic E-state index is -2.16. The maximum Gasteiger partial charge on any atom is 0.409 e. The van der Waals surface area contributed by atoms with Crippen molar-refractivity contribution in [2.24, 2.45) is 11.7 Å². The van der Waals surface area contributed by atoms with Crippen molar-refractivity contribution in [3.63, 3.8) is 0 Å². The van der Waals surface area contributed by atoms with Crippen LogP contribution in [0.25, 0.3) is 0 Å². The summed E-state index contributed by atoms with van der Waals surface area (Å²) in [7, 11) is 7.87. The largest absolute Gasteiger partial charge is 0.495 e. The summed E-state index contributed by atoms with van der Waals surface area (Å²) >= 11 is 6.89. The Morgan fingerprint density at radius 3 is 1.62 bits per heavy atom. The average molecular weight is 2120 g/mol. The van der Waals surface area contributed by atoms with Crippen LogP contribution in [0.1, 0.15) is 107 Å². The van der Waals surface area contributed by atoms with E-state index in [0.717, 1.165) is 49.0 Å². The third-order valence-corrected chi connectivity index (χ3v) is 29.4. The number of nitrogens with two attached hydrogens (primary N) is 1. The molecule has 8 aliphatic heterocycles. The zero-order chi connectivity index (χ0) is 107. The average Bonchev–Trinajstić information content (AvgIpc) is 1.57. The molecule has 53 nitrogen and oxygen atoms in total. The third kappa shape index (κ3) is 30.4. The third-order valence-electron chi connectivity index (χ3n) is 25.7. The fourth-order valence-electron chi connectivity index (χ4n) is 17.5. The van der Waals surface area contributed by atoms with Crippen molar-refractivity contribution in [3.8, 4) is 5.75 Å². The second-order valence-corrected chi connectivity index (χ2v) is 40.4. The van der Waals surface area contributed by atoms with E-state index >= 15 is 0 Å². The molecule has 8 aliphatic rings. The Morgan fingerprint density at radius 1 is 0.653 bits per heavy atom. The van der Waals surface area contributed by atoms with Gasteiger partial charge in [0.2, 0.25) is 65.0 Å². The molecule has 56 heteroatoms. The molecule has 0 spiro atoms. The highest BCUT2D eigenvalue weighted by molar-refractivity contribution is 8.77. The highest BCUT2D eigenvalue weighted by Crippen LogP contribution is 2.50. The Kier molecular flexibility index (Phi) is 43.8. The molecule has 0 radical (unpaired) electrons. The lowest BCUT2D eigenvalue weighted by Crippen LogP contribution is -2.72. The molecule has 12 amide bonds. The summed E-state index contributed by atoms with van der Waals surface area (Å²) < 4.78 is 82.9. The van der Waals surface area contributed by atoms with Crippen LogP contribution >= 0.6 is 33.2 Å². The molecule has 7 saturated heterocycles. The number of benzene rings is 1. The predicted molar refractivity (Wildman–Crippen MR) is 498 cm³/mol. The number of carbonyl (C=O) groups is 13. The highest BCUT2D eigenvalue weighted by atomic mass is 35.5. The highest BCUT2D eigenvalue weighted by Gasteiger charge is 2.66. The van der Waals surface area contributed by atoms with E-state index in [2.05, 4.69) is 53.2 Å². The van der Waals surface area contributed by atoms with E-state index in [1.54, 1.807) is 58.1 Å². The molecule has 0 saturated carbocycles. The van der Waals surface area contributed by atoms with Gasteiger partial charge in [-0.25, -0.2) is 9.59 Å². The number of hydrogen-bond acceptors (Lipinski definition) is 43. The molecule has 8 heterocycles. The summed E-state index contributed by atoms with van der Waals surface area (Å²) in [5.41, 5.74) is 3.68. The number of carbonyl (C=O) groups excluding carboxylic acids is 13. The summed E-state index contributed by atoms with van der Waals surface area (Å²) in [6.45, 7) is 6.65. The number of amides is 12. The lowest BCUT2D eigenvalue weighted by Gasteiger charge is -2.51. The first-order valence-corrected chi connectivity index (χ1v) is 49.1. The Hall–Kier alpha value is -8.60. The molecule has 1 aromatic rings. The SMILES string of the molecule is COc1cc2cc(c1Cl)N(C)C(=O)C[C@H](OC(=O)[C@H](C)N(C)C(=O)CCC(C)(C)SSC[C@H](NC(=O)CNC(=O)CNC(=O)CN)C(=O)NCCC(=O)N[C@H]1[C@H](OC3[C@@H](CO)O[C@@H](OC4[C@@H](CO)O[C@@H](OC5[C@@H](CO)O[C@@H](OC6[C@@H](CO)OC(O)[C@H](NC(C)=O)[C@H]6O)[C@H](NC(C)=O)[C@H]5O)[C@H](NC(C)=O)[C@H]4O)[C@H](NC(C)=O)[C@H]3O)O[C@H](CO)[C@@H](O)[C@@H]1O)[C@]1(C)O[C@H]1[C@H](C)[C@@H]1C[C@@](O)(NC(=O)O1)[C@H](OC)/C=C/C=C(\C)C2. The normalized spacial score (nSPS) is 35.1. The van der Waals surface area contributed by atoms with Crippen LogP contribution in [0.15, 0.2) is 35.9 Å². The van der Waals surface area contributed by atoms with Crippen LogP contribution in [0.4, 0.5) is 10.5 Å². The number of ether oxygens (including phenoxy) is 14. The predicted octanol–water partition coefficient (Wildman–Crippen LogP) is -9.58. The summed E-state index contributed by atoms with van der Waals surface area (Å²) in [6.07, 6.45) is -39.6. The van der Waals surface area contributed by atoms with Crippen LogP contribution in [0.3, 0.4) is 0 Å². The molecule has 25 N–H and O–H groups in total.